The quantitative estimate of drug-likeness (QED) is 0.0522. The first kappa shape index (κ1) is 40.4. The van der Waals surface area contributed by atoms with Gasteiger partial charge in [0.05, 0.1) is 0 Å². The fourth-order valence-corrected chi connectivity index (χ4v) is 6.04. The van der Waals surface area contributed by atoms with Crippen LogP contribution in [-0.4, -0.2) is 6.21 Å². The SMILES string of the molecule is CCCCCCCCCCCCCCCCCCC=CN=CCCCCCCCCCCCCCCCCCCC. The van der Waals surface area contributed by atoms with E-state index in [4.69, 9.17) is 0 Å². The van der Waals surface area contributed by atoms with E-state index in [-0.39, 0.29) is 0 Å². The van der Waals surface area contributed by atoms with Crippen LogP contribution in [-0.2, 0) is 0 Å². The summed E-state index contributed by atoms with van der Waals surface area (Å²) in [6.45, 7) is 4.61. The molecule has 1 nitrogen and oxygen atoms in total. The van der Waals surface area contributed by atoms with Gasteiger partial charge in [-0.05, 0) is 25.7 Å². The highest BCUT2D eigenvalue weighted by Crippen LogP contribution is 2.15. The molecule has 244 valence electrons. The summed E-state index contributed by atoms with van der Waals surface area (Å²) < 4.78 is 0. The van der Waals surface area contributed by atoms with Gasteiger partial charge >= 0.3 is 0 Å². The van der Waals surface area contributed by atoms with E-state index in [0.29, 0.717) is 0 Å². The van der Waals surface area contributed by atoms with Gasteiger partial charge in [0.1, 0.15) is 0 Å². The number of unbranched alkanes of at least 4 members (excludes halogenated alkanes) is 33. The molecular weight excluding hydrogens is 494 g/mol. The van der Waals surface area contributed by atoms with Crippen LogP contribution in [0.1, 0.15) is 239 Å². The second-order valence-electron chi connectivity index (χ2n) is 13.3. The van der Waals surface area contributed by atoms with E-state index in [9.17, 15) is 0 Å². The van der Waals surface area contributed by atoms with Crippen LogP contribution in [0.15, 0.2) is 17.3 Å². The molecule has 0 rings (SSSR count). The lowest BCUT2D eigenvalue weighted by Crippen LogP contribution is -1.84. The Morgan fingerprint density at radius 3 is 0.829 bits per heavy atom. The smallest absolute Gasteiger partial charge is 0.0223 e. The fraction of sp³-hybridized carbons (Fsp3) is 0.925. The van der Waals surface area contributed by atoms with Gasteiger partial charge in [-0.2, -0.15) is 0 Å². The van der Waals surface area contributed by atoms with Crippen molar-refractivity contribution >= 4 is 6.21 Å². The Kier molecular flexibility index (Phi) is 38.8. The molecule has 0 saturated carbocycles. The molecule has 0 spiro atoms. The van der Waals surface area contributed by atoms with Crippen LogP contribution < -0.4 is 0 Å². The highest BCUT2D eigenvalue weighted by atomic mass is 14.7. The molecule has 0 amide bonds. The van der Waals surface area contributed by atoms with E-state index < -0.39 is 0 Å². The number of nitrogens with zero attached hydrogens (tertiary/aromatic N) is 1. The third kappa shape index (κ3) is 39.4. The Bertz CT molecular complexity index is 493. The molecule has 0 atom stereocenters. The number of allylic oxidation sites excluding steroid dienone is 1. The maximum atomic E-state index is 4.49. The van der Waals surface area contributed by atoms with Gasteiger partial charge in [-0.15, -0.1) is 0 Å². The highest BCUT2D eigenvalue weighted by molar-refractivity contribution is 5.57. The Hall–Kier alpha value is -0.590. The van der Waals surface area contributed by atoms with Crippen molar-refractivity contribution in [3.63, 3.8) is 0 Å². The van der Waals surface area contributed by atoms with Crippen molar-refractivity contribution in [2.45, 2.75) is 239 Å². The molecule has 0 aromatic rings. The number of hydrogen-bond acceptors (Lipinski definition) is 1. The molecule has 1 heteroatoms. The van der Waals surface area contributed by atoms with Crippen LogP contribution in [0, 0.1) is 0 Å². The Labute approximate surface area is 261 Å². The molecule has 0 unspecified atom stereocenters. The lowest BCUT2D eigenvalue weighted by Gasteiger charge is -2.03. The molecule has 41 heavy (non-hydrogen) atoms. The standard InChI is InChI=1S/C40H79N/c1-3-5-7-9-11-13-15-17-19-21-23-25-27-29-31-33-35-37-39-41-40-38-36-34-32-30-28-26-24-22-20-18-16-14-12-10-8-6-4-2/h37,39-40H,3-36,38H2,1-2H3. The molecular formula is C40H79N. The summed E-state index contributed by atoms with van der Waals surface area (Å²) in [5, 5.41) is 0. The van der Waals surface area contributed by atoms with Crippen LogP contribution in [0.5, 0.6) is 0 Å². The molecule has 0 fully saturated rings. The average molecular weight is 574 g/mol. The molecule has 0 aliphatic heterocycles. The lowest BCUT2D eigenvalue weighted by atomic mass is 10.0. The molecule has 0 aromatic heterocycles. The Morgan fingerprint density at radius 1 is 0.293 bits per heavy atom. The minimum atomic E-state index is 1.15. The molecule has 0 aliphatic carbocycles. The summed E-state index contributed by atoms with van der Waals surface area (Å²) in [6.07, 6.45) is 56.4. The third-order valence-corrected chi connectivity index (χ3v) is 8.96. The maximum absolute atomic E-state index is 4.49. The predicted octanol–water partition coefficient (Wildman–Crippen LogP) is 15.3. The van der Waals surface area contributed by atoms with Gasteiger partial charge in [-0.1, -0.05) is 219 Å². The van der Waals surface area contributed by atoms with Crippen LogP contribution in [0.3, 0.4) is 0 Å². The van der Waals surface area contributed by atoms with Gasteiger partial charge in [0.25, 0.3) is 0 Å². The fourth-order valence-electron chi connectivity index (χ4n) is 6.04. The van der Waals surface area contributed by atoms with E-state index in [0.717, 1.165) is 6.42 Å². The summed E-state index contributed by atoms with van der Waals surface area (Å²) in [4.78, 5) is 4.49. The Morgan fingerprint density at radius 2 is 0.537 bits per heavy atom. The van der Waals surface area contributed by atoms with Crippen molar-refractivity contribution in [3.8, 4) is 0 Å². The predicted molar refractivity (Wildman–Crippen MR) is 191 cm³/mol. The summed E-state index contributed by atoms with van der Waals surface area (Å²) in [6, 6.07) is 0. The van der Waals surface area contributed by atoms with Crippen LogP contribution in [0.25, 0.3) is 0 Å². The van der Waals surface area contributed by atoms with Crippen molar-refractivity contribution in [1.29, 1.82) is 0 Å². The van der Waals surface area contributed by atoms with E-state index >= 15 is 0 Å². The molecule has 0 radical (unpaired) electrons. The van der Waals surface area contributed by atoms with Gasteiger partial charge in [-0.25, -0.2) is 0 Å². The molecule has 0 aromatic carbocycles. The maximum Gasteiger partial charge on any atom is 0.0223 e. The first-order valence-electron chi connectivity index (χ1n) is 19.6. The third-order valence-electron chi connectivity index (χ3n) is 8.96. The zero-order chi connectivity index (χ0) is 29.6. The molecule has 0 bridgehead atoms. The second-order valence-corrected chi connectivity index (χ2v) is 13.3. The number of hydrogen-bond donors (Lipinski definition) is 0. The first-order chi connectivity index (χ1) is 20.4. The average Bonchev–Trinajstić information content (AvgIpc) is 2.98. The minimum Gasteiger partial charge on any atom is -0.269 e. The van der Waals surface area contributed by atoms with Crippen molar-refractivity contribution in [2.75, 3.05) is 0 Å². The topological polar surface area (TPSA) is 12.4 Å². The van der Waals surface area contributed by atoms with E-state index in [2.05, 4.69) is 31.1 Å². The van der Waals surface area contributed by atoms with Gasteiger partial charge in [-0.3, -0.25) is 4.99 Å². The van der Waals surface area contributed by atoms with Crippen molar-refractivity contribution in [1.82, 2.24) is 0 Å². The molecule has 0 heterocycles. The largest absolute Gasteiger partial charge is 0.269 e. The zero-order valence-corrected chi connectivity index (χ0v) is 28.9. The molecule has 0 aliphatic rings. The van der Waals surface area contributed by atoms with Crippen LogP contribution in [0.4, 0.5) is 0 Å². The van der Waals surface area contributed by atoms with Gasteiger partial charge in [0.2, 0.25) is 0 Å². The van der Waals surface area contributed by atoms with E-state index in [1.807, 2.05) is 6.20 Å². The first-order valence-corrected chi connectivity index (χ1v) is 19.6. The van der Waals surface area contributed by atoms with Crippen molar-refractivity contribution < 1.29 is 0 Å². The molecule has 0 saturated heterocycles. The second kappa shape index (κ2) is 39.4. The van der Waals surface area contributed by atoms with Gasteiger partial charge in [0, 0.05) is 12.4 Å². The van der Waals surface area contributed by atoms with Crippen LogP contribution >= 0.6 is 0 Å². The summed E-state index contributed by atoms with van der Waals surface area (Å²) in [5.74, 6) is 0. The molecule has 0 N–H and O–H groups in total. The van der Waals surface area contributed by atoms with Crippen molar-refractivity contribution in [3.05, 3.63) is 12.3 Å². The van der Waals surface area contributed by atoms with Crippen LogP contribution in [0.2, 0.25) is 0 Å². The zero-order valence-electron chi connectivity index (χ0n) is 28.9. The summed E-state index contributed by atoms with van der Waals surface area (Å²) in [7, 11) is 0. The highest BCUT2D eigenvalue weighted by Gasteiger charge is 1.96. The minimum absolute atomic E-state index is 1.15. The van der Waals surface area contributed by atoms with E-state index in [1.165, 1.54) is 218 Å². The van der Waals surface area contributed by atoms with Crippen molar-refractivity contribution in [2.24, 2.45) is 4.99 Å². The number of rotatable bonds is 36. The summed E-state index contributed by atoms with van der Waals surface area (Å²) >= 11 is 0. The van der Waals surface area contributed by atoms with E-state index in [1.54, 1.807) is 0 Å². The lowest BCUT2D eigenvalue weighted by molar-refractivity contribution is 0.528. The monoisotopic (exact) mass is 574 g/mol. The van der Waals surface area contributed by atoms with Gasteiger partial charge < -0.3 is 0 Å². The Balaban J connectivity index is 3.14. The number of aliphatic imine (C=N–C) groups is 1. The van der Waals surface area contributed by atoms with Gasteiger partial charge in [0.15, 0.2) is 0 Å². The summed E-state index contributed by atoms with van der Waals surface area (Å²) in [5.41, 5.74) is 0. The normalized spacial score (nSPS) is 12.0.